The molecule has 0 saturated heterocycles. The molecule has 0 aliphatic carbocycles. The Labute approximate surface area is 142 Å². The quantitative estimate of drug-likeness (QED) is 0.837. The molecule has 3 rings (SSSR count). The van der Waals surface area contributed by atoms with Crippen LogP contribution in [0.25, 0.3) is 0 Å². The molecule has 24 heavy (non-hydrogen) atoms. The van der Waals surface area contributed by atoms with Crippen LogP contribution in [0.2, 0.25) is 0 Å². The number of hydrogen-bond donors (Lipinski definition) is 0. The van der Waals surface area contributed by atoms with Crippen molar-refractivity contribution in [2.45, 2.75) is 25.8 Å². The molecule has 0 atom stereocenters. The normalized spacial score (nSPS) is 18.3. The first-order valence-electron chi connectivity index (χ1n) is 7.94. The standard InChI is InChI=1S/C18H23N3O3/c1-18(2)11-23-16(19-18)13-8-12-6-7-14(24-17(22)20(3)4)9-15(12)21(5)10-13/h6-7,9-10H,8,11H2,1-5H3. The fraction of sp³-hybridized carbons (Fsp3) is 0.444. The molecular formula is C18H23N3O3. The van der Waals surface area contributed by atoms with Crippen molar-refractivity contribution in [2.24, 2.45) is 4.99 Å². The third-order valence-electron chi connectivity index (χ3n) is 3.98. The average Bonchev–Trinajstić information content (AvgIpc) is 2.87. The summed E-state index contributed by atoms with van der Waals surface area (Å²) in [7, 11) is 5.29. The number of nitrogens with zero attached hydrogens (tertiary/aromatic N) is 3. The van der Waals surface area contributed by atoms with Crippen LogP contribution in [0, 0.1) is 0 Å². The third kappa shape index (κ3) is 3.22. The van der Waals surface area contributed by atoms with Crippen LogP contribution in [0.15, 0.2) is 35.0 Å². The molecule has 0 aromatic heterocycles. The Morgan fingerprint density at radius 3 is 2.75 bits per heavy atom. The van der Waals surface area contributed by atoms with E-state index in [9.17, 15) is 4.79 Å². The smallest absolute Gasteiger partial charge is 0.414 e. The molecule has 0 N–H and O–H groups in total. The predicted octanol–water partition coefficient (Wildman–Crippen LogP) is 2.83. The van der Waals surface area contributed by atoms with Crippen LogP contribution in [0.3, 0.4) is 0 Å². The fourth-order valence-corrected chi connectivity index (χ4v) is 2.71. The summed E-state index contributed by atoms with van der Waals surface area (Å²) < 4.78 is 11.1. The first-order valence-corrected chi connectivity index (χ1v) is 7.94. The Morgan fingerprint density at radius 1 is 1.38 bits per heavy atom. The topological polar surface area (TPSA) is 54.4 Å². The van der Waals surface area contributed by atoms with Gasteiger partial charge in [-0.05, 0) is 25.5 Å². The van der Waals surface area contributed by atoms with Crippen molar-refractivity contribution in [3.05, 3.63) is 35.5 Å². The van der Waals surface area contributed by atoms with Gasteiger partial charge >= 0.3 is 6.09 Å². The highest BCUT2D eigenvalue weighted by molar-refractivity contribution is 5.96. The molecule has 0 saturated carbocycles. The SMILES string of the molecule is CN(C)C(=O)Oc1ccc2c(c1)N(C)C=C(C1=NC(C)(C)CO1)C2. The Kier molecular flexibility index (Phi) is 3.99. The molecule has 1 aromatic carbocycles. The van der Waals surface area contributed by atoms with Gasteiger partial charge < -0.3 is 19.3 Å². The van der Waals surface area contributed by atoms with Crippen molar-refractivity contribution < 1.29 is 14.3 Å². The first kappa shape index (κ1) is 16.4. The second kappa shape index (κ2) is 5.85. The Morgan fingerprint density at radius 2 is 2.12 bits per heavy atom. The lowest BCUT2D eigenvalue weighted by atomic mass is 9.99. The second-order valence-electron chi connectivity index (χ2n) is 7.01. The maximum atomic E-state index is 11.7. The van der Waals surface area contributed by atoms with Gasteiger partial charge in [0.1, 0.15) is 12.4 Å². The number of amides is 1. The van der Waals surface area contributed by atoms with E-state index >= 15 is 0 Å². The highest BCUT2D eigenvalue weighted by Gasteiger charge is 2.30. The van der Waals surface area contributed by atoms with Crippen LogP contribution in [0.4, 0.5) is 10.5 Å². The average molecular weight is 329 g/mol. The van der Waals surface area contributed by atoms with Gasteiger partial charge in [-0.1, -0.05) is 6.07 Å². The molecule has 128 valence electrons. The van der Waals surface area contributed by atoms with E-state index in [4.69, 9.17) is 9.47 Å². The number of fused-ring (bicyclic) bond motifs is 1. The minimum absolute atomic E-state index is 0.167. The van der Waals surface area contributed by atoms with E-state index in [2.05, 4.69) is 18.8 Å². The number of rotatable bonds is 2. The van der Waals surface area contributed by atoms with Crippen LogP contribution in [0.1, 0.15) is 19.4 Å². The zero-order chi connectivity index (χ0) is 17.5. The number of aliphatic imine (C=N–C) groups is 1. The summed E-state index contributed by atoms with van der Waals surface area (Å²) in [5.74, 6) is 1.26. The zero-order valence-electron chi connectivity index (χ0n) is 14.8. The van der Waals surface area contributed by atoms with Gasteiger partial charge in [-0.15, -0.1) is 0 Å². The number of benzene rings is 1. The summed E-state index contributed by atoms with van der Waals surface area (Å²) >= 11 is 0. The van der Waals surface area contributed by atoms with Gasteiger partial charge in [0.2, 0.25) is 5.90 Å². The number of hydrogen-bond acceptors (Lipinski definition) is 5. The number of carbonyl (C=O) groups excluding carboxylic acids is 1. The maximum Gasteiger partial charge on any atom is 0.414 e. The largest absolute Gasteiger partial charge is 0.475 e. The molecule has 0 fully saturated rings. The van der Waals surface area contributed by atoms with Gasteiger partial charge in [0.25, 0.3) is 0 Å². The number of ether oxygens (including phenoxy) is 2. The van der Waals surface area contributed by atoms with Crippen LogP contribution < -0.4 is 9.64 Å². The molecule has 2 aliphatic rings. The van der Waals surface area contributed by atoms with Crippen molar-refractivity contribution >= 4 is 17.7 Å². The summed E-state index contributed by atoms with van der Waals surface area (Å²) in [6.45, 7) is 4.73. The minimum Gasteiger partial charge on any atom is -0.475 e. The van der Waals surface area contributed by atoms with Gasteiger partial charge in [-0.25, -0.2) is 9.79 Å². The lowest BCUT2D eigenvalue weighted by Gasteiger charge is -2.26. The van der Waals surface area contributed by atoms with E-state index in [1.807, 2.05) is 36.3 Å². The molecule has 6 nitrogen and oxygen atoms in total. The summed E-state index contributed by atoms with van der Waals surface area (Å²) in [4.78, 5) is 19.8. The van der Waals surface area contributed by atoms with Gasteiger partial charge in [0.15, 0.2) is 0 Å². The Balaban J connectivity index is 1.83. The first-order chi connectivity index (χ1) is 11.2. The van der Waals surface area contributed by atoms with E-state index in [1.54, 1.807) is 14.1 Å². The number of anilines is 1. The molecule has 0 spiro atoms. The molecule has 1 amide bonds. The molecule has 6 heteroatoms. The van der Waals surface area contributed by atoms with E-state index in [0.29, 0.717) is 12.4 Å². The summed E-state index contributed by atoms with van der Waals surface area (Å²) in [6, 6.07) is 5.68. The highest BCUT2D eigenvalue weighted by atomic mass is 16.6. The molecule has 0 radical (unpaired) electrons. The third-order valence-corrected chi connectivity index (χ3v) is 3.98. The van der Waals surface area contributed by atoms with E-state index in [1.165, 1.54) is 4.90 Å². The highest BCUT2D eigenvalue weighted by Crippen LogP contribution is 2.33. The molecule has 1 aromatic rings. The Bertz CT molecular complexity index is 735. The molecule has 2 heterocycles. The zero-order valence-corrected chi connectivity index (χ0v) is 14.8. The van der Waals surface area contributed by atoms with Crippen molar-refractivity contribution in [1.29, 1.82) is 0 Å². The summed E-state index contributed by atoms with van der Waals surface area (Å²) in [5.41, 5.74) is 3.06. The van der Waals surface area contributed by atoms with Crippen molar-refractivity contribution in [1.82, 2.24) is 4.90 Å². The van der Waals surface area contributed by atoms with Crippen LogP contribution >= 0.6 is 0 Å². The molecular weight excluding hydrogens is 306 g/mol. The van der Waals surface area contributed by atoms with Crippen LogP contribution in [-0.4, -0.2) is 50.2 Å². The molecule has 0 unspecified atom stereocenters. The minimum atomic E-state index is -0.388. The fourth-order valence-electron chi connectivity index (χ4n) is 2.71. The second-order valence-corrected chi connectivity index (χ2v) is 7.01. The number of carbonyl (C=O) groups is 1. The Hall–Kier alpha value is -2.50. The van der Waals surface area contributed by atoms with E-state index < -0.39 is 0 Å². The van der Waals surface area contributed by atoms with E-state index in [-0.39, 0.29) is 11.6 Å². The van der Waals surface area contributed by atoms with Gasteiger partial charge in [0.05, 0.1) is 5.54 Å². The lowest BCUT2D eigenvalue weighted by Crippen LogP contribution is -2.25. The van der Waals surface area contributed by atoms with Crippen molar-refractivity contribution in [3.63, 3.8) is 0 Å². The van der Waals surface area contributed by atoms with Gasteiger partial charge in [-0.2, -0.15) is 0 Å². The molecule has 2 aliphatic heterocycles. The van der Waals surface area contributed by atoms with E-state index in [0.717, 1.165) is 29.1 Å². The van der Waals surface area contributed by atoms with Crippen LogP contribution in [0.5, 0.6) is 5.75 Å². The monoisotopic (exact) mass is 329 g/mol. The summed E-state index contributed by atoms with van der Waals surface area (Å²) in [5, 5.41) is 0. The van der Waals surface area contributed by atoms with Crippen LogP contribution in [-0.2, 0) is 11.2 Å². The predicted molar refractivity (Wildman–Crippen MR) is 93.8 cm³/mol. The summed E-state index contributed by atoms with van der Waals surface area (Å²) in [6.07, 6.45) is 2.39. The van der Waals surface area contributed by atoms with Gasteiger partial charge in [0, 0.05) is 51.1 Å². The lowest BCUT2D eigenvalue weighted by molar-refractivity contribution is 0.172. The maximum absolute atomic E-state index is 11.7. The van der Waals surface area contributed by atoms with Crippen molar-refractivity contribution in [3.8, 4) is 5.75 Å². The molecule has 0 bridgehead atoms. The van der Waals surface area contributed by atoms with Gasteiger partial charge in [-0.3, -0.25) is 0 Å². The van der Waals surface area contributed by atoms with Crippen molar-refractivity contribution in [2.75, 3.05) is 32.6 Å².